The van der Waals surface area contributed by atoms with Crippen LogP contribution in [0.2, 0.25) is 0 Å². The number of carbonyl (C=O) groups excluding carboxylic acids is 1. The topological polar surface area (TPSA) is 87.7 Å². The van der Waals surface area contributed by atoms with Gasteiger partial charge in [0.25, 0.3) is 0 Å². The van der Waals surface area contributed by atoms with Crippen LogP contribution in [0.3, 0.4) is 0 Å². The van der Waals surface area contributed by atoms with E-state index in [9.17, 15) is 4.79 Å². The van der Waals surface area contributed by atoms with Gasteiger partial charge in [-0.15, -0.1) is 0 Å². The monoisotopic (exact) mass is 257 g/mol. The number of nitrogens with two attached hydrogens (primary N) is 1. The lowest BCUT2D eigenvalue weighted by atomic mass is 9.80. The highest BCUT2D eigenvalue weighted by Gasteiger charge is 2.39. The number of hydrogen-bond acceptors (Lipinski definition) is 3. The third-order valence-electron chi connectivity index (χ3n) is 3.48. The van der Waals surface area contributed by atoms with Crippen LogP contribution in [0.15, 0.2) is 5.16 Å². The van der Waals surface area contributed by atoms with Crippen LogP contribution in [0.4, 0.5) is 0 Å². The summed E-state index contributed by atoms with van der Waals surface area (Å²) in [5.41, 5.74) is 4.78. The third-order valence-corrected chi connectivity index (χ3v) is 3.48. The molecule has 0 saturated heterocycles. The molecule has 0 aliphatic carbocycles. The van der Waals surface area contributed by atoms with Gasteiger partial charge in [-0.3, -0.25) is 4.79 Å². The number of carbonyl (C=O) groups is 1. The first-order valence-electron chi connectivity index (χ1n) is 6.70. The van der Waals surface area contributed by atoms with Gasteiger partial charge < -0.3 is 16.3 Å². The second-order valence-corrected chi connectivity index (χ2v) is 5.07. The van der Waals surface area contributed by atoms with E-state index in [2.05, 4.69) is 24.3 Å². The Morgan fingerprint density at radius 1 is 1.39 bits per heavy atom. The highest BCUT2D eigenvalue weighted by molar-refractivity contribution is 6.06. The molecule has 0 aliphatic heterocycles. The average molecular weight is 257 g/mol. The molecule has 0 rings (SSSR count). The van der Waals surface area contributed by atoms with Crippen molar-refractivity contribution in [2.75, 3.05) is 6.54 Å². The molecule has 0 aromatic carbocycles. The van der Waals surface area contributed by atoms with Crippen molar-refractivity contribution in [1.82, 2.24) is 5.32 Å². The van der Waals surface area contributed by atoms with Gasteiger partial charge in [0.1, 0.15) is 5.41 Å². The van der Waals surface area contributed by atoms with Crippen molar-refractivity contribution < 1.29 is 10.0 Å². The zero-order chi connectivity index (χ0) is 14.2. The fourth-order valence-electron chi connectivity index (χ4n) is 2.03. The van der Waals surface area contributed by atoms with Gasteiger partial charge in [-0.2, -0.15) is 0 Å². The molecule has 4 N–H and O–H groups in total. The van der Waals surface area contributed by atoms with E-state index >= 15 is 0 Å². The van der Waals surface area contributed by atoms with Crippen LogP contribution in [0.1, 0.15) is 53.4 Å². The zero-order valence-electron chi connectivity index (χ0n) is 12.0. The summed E-state index contributed by atoms with van der Waals surface area (Å²) in [6.45, 7) is 8.68. The lowest BCUT2D eigenvalue weighted by molar-refractivity contribution is -0.128. The average Bonchev–Trinajstić information content (AvgIpc) is 2.36. The highest BCUT2D eigenvalue weighted by Crippen LogP contribution is 2.27. The molecule has 0 heterocycles. The van der Waals surface area contributed by atoms with E-state index in [0.29, 0.717) is 25.3 Å². The Hall–Kier alpha value is -1.26. The van der Waals surface area contributed by atoms with Crippen LogP contribution in [0, 0.1) is 11.3 Å². The van der Waals surface area contributed by atoms with E-state index in [1.54, 1.807) is 0 Å². The number of amides is 1. The molecule has 5 heteroatoms. The van der Waals surface area contributed by atoms with Crippen LogP contribution >= 0.6 is 0 Å². The summed E-state index contributed by atoms with van der Waals surface area (Å²) in [6, 6.07) is 0. The van der Waals surface area contributed by atoms with Gasteiger partial charge in [0.15, 0.2) is 5.84 Å². The Kier molecular flexibility index (Phi) is 7.39. The Balaban J connectivity index is 4.50. The minimum absolute atomic E-state index is 0.00569. The van der Waals surface area contributed by atoms with Crippen molar-refractivity contribution >= 4 is 11.7 Å². The normalized spacial score (nSPS) is 12.8. The molecule has 0 saturated carbocycles. The minimum atomic E-state index is -0.882. The smallest absolute Gasteiger partial charge is 0.233 e. The number of rotatable bonds is 8. The molecule has 0 unspecified atom stereocenters. The van der Waals surface area contributed by atoms with Gasteiger partial charge in [0, 0.05) is 6.54 Å². The number of hydrogen-bond donors (Lipinski definition) is 3. The summed E-state index contributed by atoms with van der Waals surface area (Å²) < 4.78 is 0. The Labute approximate surface area is 110 Å². The zero-order valence-corrected chi connectivity index (χ0v) is 12.0. The maximum absolute atomic E-state index is 12.2. The van der Waals surface area contributed by atoms with E-state index in [4.69, 9.17) is 10.9 Å². The van der Waals surface area contributed by atoms with E-state index in [0.717, 1.165) is 12.8 Å². The van der Waals surface area contributed by atoms with Crippen molar-refractivity contribution in [3.8, 4) is 0 Å². The summed E-state index contributed by atoms with van der Waals surface area (Å²) in [4.78, 5) is 12.2. The first-order chi connectivity index (χ1) is 8.44. The van der Waals surface area contributed by atoms with E-state index in [1.807, 2.05) is 13.8 Å². The minimum Gasteiger partial charge on any atom is -0.409 e. The molecule has 106 valence electrons. The molecule has 0 fully saturated rings. The molecule has 0 aliphatic rings. The van der Waals surface area contributed by atoms with Gasteiger partial charge in [-0.05, 0) is 31.6 Å². The van der Waals surface area contributed by atoms with Crippen molar-refractivity contribution in [3.05, 3.63) is 0 Å². The molecule has 1 amide bonds. The van der Waals surface area contributed by atoms with Crippen molar-refractivity contribution in [1.29, 1.82) is 0 Å². The van der Waals surface area contributed by atoms with Crippen LogP contribution in [-0.4, -0.2) is 23.5 Å². The van der Waals surface area contributed by atoms with E-state index < -0.39 is 5.41 Å². The Morgan fingerprint density at radius 2 is 1.94 bits per heavy atom. The molecule has 0 aromatic rings. The highest BCUT2D eigenvalue weighted by atomic mass is 16.4. The number of amidine groups is 1. The third kappa shape index (κ3) is 4.20. The molecule has 5 nitrogen and oxygen atoms in total. The van der Waals surface area contributed by atoms with Crippen LogP contribution in [-0.2, 0) is 4.79 Å². The van der Waals surface area contributed by atoms with Gasteiger partial charge in [-0.1, -0.05) is 32.9 Å². The summed E-state index contributed by atoms with van der Waals surface area (Å²) in [6.07, 6.45) is 3.07. The molecule has 0 aromatic heterocycles. The second-order valence-electron chi connectivity index (χ2n) is 5.07. The number of nitrogens with zero attached hydrogens (tertiary/aromatic N) is 1. The molecular weight excluding hydrogens is 230 g/mol. The largest absolute Gasteiger partial charge is 0.409 e. The van der Waals surface area contributed by atoms with Gasteiger partial charge in [0.05, 0.1) is 0 Å². The molecule has 0 atom stereocenters. The maximum Gasteiger partial charge on any atom is 0.233 e. The van der Waals surface area contributed by atoms with Gasteiger partial charge >= 0.3 is 0 Å². The van der Waals surface area contributed by atoms with Crippen molar-refractivity contribution in [2.45, 2.75) is 53.4 Å². The molecular formula is C13H27N3O2. The molecule has 18 heavy (non-hydrogen) atoms. The quantitative estimate of drug-likeness (QED) is 0.204. The fraction of sp³-hybridized carbons (Fsp3) is 0.846. The van der Waals surface area contributed by atoms with Crippen molar-refractivity contribution in [2.24, 2.45) is 22.2 Å². The first-order valence-corrected chi connectivity index (χ1v) is 6.70. The van der Waals surface area contributed by atoms with E-state index in [1.165, 1.54) is 0 Å². The first kappa shape index (κ1) is 16.7. The molecule has 0 bridgehead atoms. The number of oxime groups is 1. The molecule has 0 spiro atoms. The van der Waals surface area contributed by atoms with Crippen LogP contribution < -0.4 is 11.1 Å². The second kappa shape index (κ2) is 7.95. The molecule has 0 radical (unpaired) electrons. The summed E-state index contributed by atoms with van der Waals surface area (Å²) >= 11 is 0. The summed E-state index contributed by atoms with van der Waals surface area (Å²) in [7, 11) is 0. The van der Waals surface area contributed by atoms with Crippen LogP contribution in [0.25, 0.3) is 0 Å². The fourth-order valence-corrected chi connectivity index (χ4v) is 2.03. The Morgan fingerprint density at radius 3 is 2.33 bits per heavy atom. The SMILES string of the molecule is CCC(CC)(C(=O)NCCCC(C)C)C(N)=NO. The summed E-state index contributed by atoms with van der Waals surface area (Å²) in [5.74, 6) is 0.480. The van der Waals surface area contributed by atoms with Crippen molar-refractivity contribution in [3.63, 3.8) is 0 Å². The number of nitrogens with one attached hydrogen (secondary N) is 1. The maximum atomic E-state index is 12.2. The predicted octanol–water partition coefficient (Wildman–Crippen LogP) is 2.09. The Bertz CT molecular complexity index is 284. The van der Waals surface area contributed by atoms with Gasteiger partial charge in [-0.25, -0.2) is 0 Å². The standard InChI is InChI=1S/C13H27N3O2/c1-5-13(6-2,11(14)16-18)12(17)15-9-7-8-10(3)4/h10,18H,5-9H2,1-4H3,(H2,14,16)(H,15,17). The van der Waals surface area contributed by atoms with Crippen LogP contribution in [0.5, 0.6) is 0 Å². The predicted molar refractivity (Wildman–Crippen MR) is 73.5 cm³/mol. The lowest BCUT2D eigenvalue weighted by Gasteiger charge is -2.28. The lowest BCUT2D eigenvalue weighted by Crippen LogP contribution is -2.49. The van der Waals surface area contributed by atoms with E-state index in [-0.39, 0.29) is 11.7 Å². The summed E-state index contributed by atoms with van der Waals surface area (Å²) in [5, 5.41) is 14.7. The van der Waals surface area contributed by atoms with Gasteiger partial charge in [0.2, 0.25) is 5.91 Å².